The van der Waals surface area contributed by atoms with E-state index in [2.05, 4.69) is 15.5 Å². The number of hydrogen-bond acceptors (Lipinski definition) is 6. The van der Waals surface area contributed by atoms with Crippen molar-refractivity contribution in [2.24, 2.45) is 0 Å². The molecule has 128 valence electrons. The molecule has 0 aliphatic heterocycles. The van der Waals surface area contributed by atoms with Crippen LogP contribution in [0.25, 0.3) is 22.2 Å². The van der Waals surface area contributed by atoms with Crippen LogP contribution in [0.1, 0.15) is 10.4 Å². The molecule has 0 saturated heterocycles. The Hall–Kier alpha value is -3.32. The van der Waals surface area contributed by atoms with Gasteiger partial charge >= 0.3 is 0 Å². The molecule has 2 aromatic heterocycles. The zero-order chi connectivity index (χ0) is 17.9. The number of benzene rings is 2. The number of aromatic nitrogens is 3. The van der Waals surface area contributed by atoms with Crippen molar-refractivity contribution in [1.82, 2.24) is 15.2 Å². The molecule has 0 unspecified atom stereocenters. The van der Waals surface area contributed by atoms with Crippen molar-refractivity contribution >= 4 is 33.3 Å². The van der Waals surface area contributed by atoms with Crippen molar-refractivity contribution in [2.75, 3.05) is 12.4 Å². The first-order chi connectivity index (χ1) is 12.7. The molecular weight excluding hydrogens is 348 g/mol. The lowest BCUT2D eigenvalue weighted by molar-refractivity contribution is 0.102. The van der Waals surface area contributed by atoms with Crippen molar-refractivity contribution in [3.63, 3.8) is 0 Å². The molecular formula is C19H14N4O2S. The molecule has 0 radical (unpaired) electrons. The van der Waals surface area contributed by atoms with Gasteiger partial charge in [0.05, 0.1) is 23.9 Å². The molecule has 7 heteroatoms. The van der Waals surface area contributed by atoms with Crippen LogP contribution in [0.4, 0.5) is 5.13 Å². The third-order valence-electron chi connectivity index (χ3n) is 3.91. The molecule has 0 saturated carbocycles. The first-order valence-corrected chi connectivity index (χ1v) is 8.74. The number of amides is 1. The number of nitrogens with zero attached hydrogens (tertiary/aromatic N) is 3. The summed E-state index contributed by atoms with van der Waals surface area (Å²) in [6.07, 6.45) is 0. The number of carbonyl (C=O) groups is 1. The van der Waals surface area contributed by atoms with Crippen LogP contribution >= 0.6 is 11.3 Å². The summed E-state index contributed by atoms with van der Waals surface area (Å²) in [4.78, 5) is 17.5. The second-order valence-electron chi connectivity index (χ2n) is 5.50. The number of pyridine rings is 1. The van der Waals surface area contributed by atoms with E-state index in [4.69, 9.17) is 9.72 Å². The van der Waals surface area contributed by atoms with Gasteiger partial charge in [-0.25, -0.2) is 4.98 Å². The lowest BCUT2D eigenvalue weighted by Gasteiger charge is -2.10. The molecule has 4 aromatic rings. The number of rotatable bonds is 4. The predicted molar refractivity (Wildman–Crippen MR) is 102 cm³/mol. The Morgan fingerprint density at radius 2 is 2.00 bits per heavy atom. The summed E-state index contributed by atoms with van der Waals surface area (Å²) in [6, 6.07) is 16.9. The van der Waals surface area contributed by atoms with Crippen LogP contribution in [0.15, 0.2) is 60.1 Å². The minimum Gasteiger partial charge on any atom is -0.497 e. The maximum Gasteiger partial charge on any atom is 0.258 e. The van der Waals surface area contributed by atoms with E-state index in [1.54, 1.807) is 18.7 Å². The zero-order valence-electron chi connectivity index (χ0n) is 13.8. The van der Waals surface area contributed by atoms with Crippen molar-refractivity contribution in [1.29, 1.82) is 0 Å². The van der Waals surface area contributed by atoms with Crippen LogP contribution < -0.4 is 10.1 Å². The van der Waals surface area contributed by atoms with E-state index in [1.807, 2.05) is 48.5 Å². The van der Waals surface area contributed by atoms with Gasteiger partial charge in [0.25, 0.3) is 5.91 Å². The average molecular weight is 362 g/mol. The molecule has 2 aromatic carbocycles. The molecule has 0 aliphatic rings. The highest BCUT2D eigenvalue weighted by Gasteiger charge is 2.15. The lowest BCUT2D eigenvalue weighted by atomic mass is 10.0. The molecule has 1 N–H and O–H groups in total. The molecule has 2 heterocycles. The fourth-order valence-electron chi connectivity index (χ4n) is 2.69. The van der Waals surface area contributed by atoms with Crippen LogP contribution in [0, 0.1) is 0 Å². The van der Waals surface area contributed by atoms with E-state index in [0.29, 0.717) is 16.4 Å². The predicted octanol–water partition coefficient (Wildman–Crippen LogP) is 4.01. The van der Waals surface area contributed by atoms with Crippen LogP contribution in [0.2, 0.25) is 0 Å². The molecule has 6 nitrogen and oxygen atoms in total. The molecule has 0 fully saturated rings. The highest BCUT2D eigenvalue weighted by atomic mass is 32.1. The van der Waals surface area contributed by atoms with Gasteiger partial charge in [-0.2, -0.15) is 0 Å². The Morgan fingerprint density at radius 3 is 2.81 bits per heavy atom. The summed E-state index contributed by atoms with van der Waals surface area (Å²) >= 11 is 1.27. The Morgan fingerprint density at radius 1 is 1.12 bits per heavy atom. The number of para-hydroxylation sites is 1. The van der Waals surface area contributed by atoms with Gasteiger partial charge in [0, 0.05) is 10.9 Å². The second-order valence-corrected chi connectivity index (χ2v) is 6.34. The van der Waals surface area contributed by atoms with Crippen LogP contribution in [0.5, 0.6) is 5.75 Å². The molecule has 1 amide bonds. The normalized spacial score (nSPS) is 10.7. The summed E-state index contributed by atoms with van der Waals surface area (Å²) in [7, 11) is 1.62. The zero-order valence-corrected chi connectivity index (χ0v) is 14.7. The Kier molecular flexibility index (Phi) is 4.28. The van der Waals surface area contributed by atoms with E-state index in [9.17, 15) is 4.79 Å². The highest BCUT2D eigenvalue weighted by molar-refractivity contribution is 7.13. The highest BCUT2D eigenvalue weighted by Crippen LogP contribution is 2.27. The number of anilines is 1. The average Bonchev–Trinajstić information content (AvgIpc) is 3.20. The smallest absolute Gasteiger partial charge is 0.258 e. The largest absolute Gasteiger partial charge is 0.497 e. The maximum absolute atomic E-state index is 12.8. The topological polar surface area (TPSA) is 77.0 Å². The molecule has 0 atom stereocenters. The minimum absolute atomic E-state index is 0.246. The Labute approximate surface area is 153 Å². The first kappa shape index (κ1) is 16.2. The molecule has 0 spiro atoms. The third-order valence-corrected chi connectivity index (χ3v) is 4.51. The van der Waals surface area contributed by atoms with Crippen molar-refractivity contribution in [2.45, 2.75) is 0 Å². The number of methoxy groups -OCH3 is 1. The molecule has 0 bridgehead atoms. The van der Waals surface area contributed by atoms with Crippen LogP contribution in [0.3, 0.4) is 0 Å². The minimum atomic E-state index is -0.246. The Bertz CT molecular complexity index is 1080. The van der Waals surface area contributed by atoms with Gasteiger partial charge in [0.2, 0.25) is 5.13 Å². The third kappa shape index (κ3) is 3.12. The van der Waals surface area contributed by atoms with Crippen LogP contribution in [-0.4, -0.2) is 28.2 Å². The number of ether oxygens (including phenoxy) is 1. The summed E-state index contributed by atoms with van der Waals surface area (Å²) in [5.41, 5.74) is 4.42. The van der Waals surface area contributed by atoms with E-state index in [-0.39, 0.29) is 5.91 Å². The SMILES string of the molecule is COc1cccc(-c2cc(C(=O)Nc3nncs3)c3ccccc3n2)c1. The maximum atomic E-state index is 12.8. The van der Waals surface area contributed by atoms with E-state index in [1.165, 1.54) is 11.3 Å². The summed E-state index contributed by atoms with van der Waals surface area (Å²) in [5, 5.41) is 11.6. The van der Waals surface area contributed by atoms with Crippen LogP contribution in [-0.2, 0) is 0 Å². The summed E-state index contributed by atoms with van der Waals surface area (Å²) < 4.78 is 5.29. The molecule has 4 rings (SSSR count). The van der Waals surface area contributed by atoms with Crippen molar-refractivity contribution in [3.8, 4) is 17.0 Å². The monoisotopic (exact) mass is 362 g/mol. The van der Waals surface area contributed by atoms with E-state index >= 15 is 0 Å². The van der Waals surface area contributed by atoms with Gasteiger partial charge < -0.3 is 4.74 Å². The fraction of sp³-hybridized carbons (Fsp3) is 0.0526. The number of nitrogens with one attached hydrogen (secondary N) is 1. The fourth-order valence-corrected chi connectivity index (χ4v) is 3.13. The summed E-state index contributed by atoms with van der Waals surface area (Å²) in [5.74, 6) is 0.488. The van der Waals surface area contributed by atoms with Gasteiger partial charge in [-0.3, -0.25) is 10.1 Å². The summed E-state index contributed by atoms with van der Waals surface area (Å²) in [6.45, 7) is 0. The lowest BCUT2D eigenvalue weighted by Crippen LogP contribution is -2.13. The quantitative estimate of drug-likeness (QED) is 0.593. The van der Waals surface area contributed by atoms with Gasteiger partial charge in [0.1, 0.15) is 11.3 Å². The van der Waals surface area contributed by atoms with E-state index < -0.39 is 0 Å². The van der Waals surface area contributed by atoms with Gasteiger partial charge in [-0.15, -0.1) is 10.2 Å². The van der Waals surface area contributed by atoms with Gasteiger partial charge in [-0.1, -0.05) is 41.7 Å². The van der Waals surface area contributed by atoms with Crippen molar-refractivity contribution in [3.05, 3.63) is 65.7 Å². The van der Waals surface area contributed by atoms with Crippen molar-refractivity contribution < 1.29 is 9.53 Å². The Balaban J connectivity index is 1.84. The van der Waals surface area contributed by atoms with Gasteiger partial charge in [0.15, 0.2) is 0 Å². The number of fused-ring (bicyclic) bond motifs is 1. The molecule has 0 aliphatic carbocycles. The number of hydrogen-bond donors (Lipinski definition) is 1. The standard InChI is InChI=1S/C19H14N4O2S/c1-25-13-6-4-5-12(9-13)17-10-15(14-7-2-3-8-16(14)21-17)18(24)22-19-23-20-11-26-19/h2-11H,1H3,(H,22,23,24). The van der Waals surface area contributed by atoms with E-state index in [0.717, 1.165) is 22.2 Å². The van der Waals surface area contributed by atoms with Gasteiger partial charge in [-0.05, 0) is 24.3 Å². The first-order valence-electron chi connectivity index (χ1n) is 7.86. The molecule has 26 heavy (non-hydrogen) atoms. The second kappa shape index (κ2) is 6.89. The number of carbonyl (C=O) groups excluding carboxylic acids is 1.